The average molecular weight is 162 g/mol. The van der Waals surface area contributed by atoms with Gasteiger partial charge in [0.2, 0.25) is 0 Å². The number of allylic oxidation sites excluding steroid dienone is 4. The smallest absolute Gasteiger partial charge is 0.0171 e. The molecule has 0 radical (unpaired) electrons. The molecule has 0 unspecified atom stereocenters. The van der Waals surface area contributed by atoms with Gasteiger partial charge in [0.05, 0.1) is 0 Å². The van der Waals surface area contributed by atoms with Crippen LogP contribution in [0.4, 0.5) is 0 Å². The van der Waals surface area contributed by atoms with Crippen LogP contribution >= 0.6 is 0 Å². The van der Waals surface area contributed by atoms with E-state index < -0.39 is 0 Å². The number of fused-ring (bicyclic) bond motifs is 3. The van der Waals surface area contributed by atoms with E-state index in [0.717, 1.165) is 11.8 Å². The third-order valence-corrected chi connectivity index (χ3v) is 3.60. The highest BCUT2D eigenvalue weighted by Gasteiger charge is 2.22. The summed E-state index contributed by atoms with van der Waals surface area (Å²) >= 11 is 0. The molecule has 0 saturated heterocycles. The highest BCUT2D eigenvalue weighted by atomic mass is 14.3. The Bertz CT molecular complexity index is 206. The molecule has 0 heterocycles. The molecule has 2 aliphatic carbocycles. The number of rotatable bonds is 0. The van der Waals surface area contributed by atoms with Gasteiger partial charge in [0.15, 0.2) is 0 Å². The molecule has 66 valence electrons. The van der Waals surface area contributed by atoms with E-state index >= 15 is 0 Å². The molecule has 0 N–H and O–H groups in total. The average Bonchev–Trinajstić information content (AvgIpc) is 2.33. The van der Waals surface area contributed by atoms with Crippen molar-refractivity contribution in [1.29, 1.82) is 0 Å². The van der Waals surface area contributed by atoms with Crippen LogP contribution in [0, 0.1) is 11.8 Å². The van der Waals surface area contributed by atoms with Gasteiger partial charge in [-0.3, -0.25) is 0 Å². The summed E-state index contributed by atoms with van der Waals surface area (Å²) in [6.45, 7) is 4.61. The molecule has 0 amide bonds. The predicted molar refractivity (Wildman–Crippen MR) is 53.0 cm³/mol. The molecule has 0 aromatic rings. The lowest BCUT2D eigenvalue weighted by molar-refractivity contribution is 0.508. The van der Waals surface area contributed by atoms with Crippen LogP contribution in [0.2, 0.25) is 0 Å². The second kappa shape index (κ2) is 3.08. The molecular weight excluding hydrogens is 144 g/mol. The SMILES string of the molecule is CC1=CC[C@@H]2CC[C@H]1CC=C2C. The van der Waals surface area contributed by atoms with E-state index in [1.165, 1.54) is 25.7 Å². The molecule has 2 bridgehead atoms. The summed E-state index contributed by atoms with van der Waals surface area (Å²) < 4.78 is 0. The summed E-state index contributed by atoms with van der Waals surface area (Å²) in [6.07, 6.45) is 10.4. The van der Waals surface area contributed by atoms with E-state index in [4.69, 9.17) is 0 Å². The Morgan fingerprint density at radius 1 is 0.917 bits per heavy atom. The first-order valence-electron chi connectivity index (χ1n) is 5.10. The first-order chi connectivity index (χ1) is 5.77. The summed E-state index contributed by atoms with van der Waals surface area (Å²) in [6, 6.07) is 0. The van der Waals surface area contributed by atoms with Gasteiger partial charge in [-0.25, -0.2) is 0 Å². The minimum Gasteiger partial charge on any atom is -0.0847 e. The minimum atomic E-state index is 0.868. The summed E-state index contributed by atoms with van der Waals surface area (Å²) in [5, 5.41) is 0. The molecule has 0 aliphatic heterocycles. The maximum absolute atomic E-state index is 2.47. The second-order valence-corrected chi connectivity index (χ2v) is 4.34. The molecule has 0 spiro atoms. The molecule has 12 heavy (non-hydrogen) atoms. The molecular formula is C12H18. The van der Waals surface area contributed by atoms with Crippen molar-refractivity contribution in [2.75, 3.05) is 0 Å². The van der Waals surface area contributed by atoms with Crippen LogP contribution in [0.15, 0.2) is 23.3 Å². The van der Waals surface area contributed by atoms with Crippen molar-refractivity contribution in [1.82, 2.24) is 0 Å². The van der Waals surface area contributed by atoms with Crippen LogP contribution in [0.1, 0.15) is 39.5 Å². The Morgan fingerprint density at radius 3 is 1.75 bits per heavy atom. The van der Waals surface area contributed by atoms with Gasteiger partial charge in [0, 0.05) is 0 Å². The Labute approximate surface area is 75.4 Å². The van der Waals surface area contributed by atoms with Crippen molar-refractivity contribution in [2.45, 2.75) is 39.5 Å². The zero-order valence-electron chi connectivity index (χ0n) is 8.14. The lowest BCUT2D eigenvalue weighted by atomic mass is 9.93. The van der Waals surface area contributed by atoms with Gasteiger partial charge in [-0.15, -0.1) is 0 Å². The van der Waals surface area contributed by atoms with E-state index in [1.807, 2.05) is 0 Å². The number of hydrogen-bond acceptors (Lipinski definition) is 0. The highest BCUT2D eigenvalue weighted by Crippen LogP contribution is 2.36. The summed E-state index contributed by atoms with van der Waals surface area (Å²) in [5.74, 6) is 1.74. The first kappa shape index (κ1) is 8.10. The van der Waals surface area contributed by atoms with Gasteiger partial charge in [0.25, 0.3) is 0 Å². The molecule has 2 atom stereocenters. The van der Waals surface area contributed by atoms with Gasteiger partial charge >= 0.3 is 0 Å². The predicted octanol–water partition coefficient (Wildman–Crippen LogP) is 3.70. The zero-order valence-corrected chi connectivity index (χ0v) is 8.14. The van der Waals surface area contributed by atoms with E-state index in [2.05, 4.69) is 26.0 Å². The zero-order chi connectivity index (χ0) is 8.55. The number of hydrogen-bond donors (Lipinski definition) is 0. The Balaban J connectivity index is 2.27. The van der Waals surface area contributed by atoms with Crippen LogP contribution < -0.4 is 0 Å². The van der Waals surface area contributed by atoms with Crippen molar-refractivity contribution < 1.29 is 0 Å². The monoisotopic (exact) mass is 162 g/mol. The van der Waals surface area contributed by atoms with Crippen LogP contribution in [0.3, 0.4) is 0 Å². The third-order valence-electron chi connectivity index (χ3n) is 3.60. The minimum absolute atomic E-state index is 0.868. The lowest BCUT2D eigenvalue weighted by Gasteiger charge is -2.13. The lowest BCUT2D eigenvalue weighted by Crippen LogP contribution is -1.98. The molecule has 0 heteroatoms. The Hall–Kier alpha value is -0.520. The van der Waals surface area contributed by atoms with Crippen LogP contribution in [0.25, 0.3) is 0 Å². The maximum Gasteiger partial charge on any atom is -0.0171 e. The Morgan fingerprint density at radius 2 is 1.33 bits per heavy atom. The molecule has 0 fully saturated rings. The molecule has 0 saturated carbocycles. The third kappa shape index (κ3) is 1.35. The van der Waals surface area contributed by atoms with Crippen molar-refractivity contribution in [3.05, 3.63) is 23.3 Å². The fraction of sp³-hybridized carbons (Fsp3) is 0.667. The Kier molecular flexibility index (Phi) is 2.08. The van der Waals surface area contributed by atoms with Crippen molar-refractivity contribution in [3.8, 4) is 0 Å². The largest absolute Gasteiger partial charge is 0.0847 e. The van der Waals surface area contributed by atoms with Crippen molar-refractivity contribution >= 4 is 0 Å². The normalized spacial score (nSPS) is 35.2. The van der Waals surface area contributed by atoms with E-state index in [0.29, 0.717) is 0 Å². The summed E-state index contributed by atoms with van der Waals surface area (Å²) in [5.41, 5.74) is 3.28. The first-order valence-corrected chi connectivity index (χ1v) is 5.10. The maximum atomic E-state index is 2.47. The molecule has 2 rings (SSSR count). The standard InChI is InChI=1S/C12H18/c1-9-3-5-12-8-7-11(9)6-4-10(12)2/h3-4,11-12H,5-8H2,1-2H3/t11-,12-/m1/s1. The fourth-order valence-electron chi connectivity index (χ4n) is 2.45. The molecule has 0 aromatic carbocycles. The van der Waals surface area contributed by atoms with Crippen LogP contribution in [0.5, 0.6) is 0 Å². The molecule has 0 nitrogen and oxygen atoms in total. The van der Waals surface area contributed by atoms with Gasteiger partial charge in [-0.2, -0.15) is 0 Å². The van der Waals surface area contributed by atoms with Gasteiger partial charge in [0.1, 0.15) is 0 Å². The fourth-order valence-corrected chi connectivity index (χ4v) is 2.45. The quantitative estimate of drug-likeness (QED) is 0.476. The summed E-state index contributed by atoms with van der Waals surface area (Å²) in [7, 11) is 0. The van der Waals surface area contributed by atoms with Crippen molar-refractivity contribution in [2.24, 2.45) is 11.8 Å². The van der Waals surface area contributed by atoms with Crippen LogP contribution in [-0.4, -0.2) is 0 Å². The van der Waals surface area contributed by atoms with Gasteiger partial charge in [-0.05, 0) is 51.4 Å². The van der Waals surface area contributed by atoms with Crippen LogP contribution in [-0.2, 0) is 0 Å². The second-order valence-electron chi connectivity index (χ2n) is 4.34. The molecule has 0 aromatic heterocycles. The van der Waals surface area contributed by atoms with Gasteiger partial charge < -0.3 is 0 Å². The highest BCUT2D eigenvalue weighted by molar-refractivity contribution is 5.17. The summed E-state index contributed by atoms with van der Waals surface area (Å²) in [4.78, 5) is 0. The molecule has 2 aliphatic rings. The topological polar surface area (TPSA) is 0 Å². The van der Waals surface area contributed by atoms with Gasteiger partial charge in [-0.1, -0.05) is 23.3 Å². The van der Waals surface area contributed by atoms with E-state index in [9.17, 15) is 0 Å². The van der Waals surface area contributed by atoms with E-state index in [-0.39, 0.29) is 0 Å². The van der Waals surface area contributed by atoms with E-state index in [1.54, 1.807) is 11.1 Å². The van der Waals surface area contributed by atoms with Crippen molar-refractivity contribution in [3.63, 3.8) is 0 Å².